The van der Waals surface area contributed by atoms with Gasteiger partial charge in [0.15, 0.2) is 16.6 Å². The summed E-state index contributed by atoms with van der Waals surface area (Å²) >= 11 is 1.33. The van der Waals surface area contributed by atoms with Crippen LogP contribution in [0.2, 0.25) is 0 Å². The number of rotatable bonds is 8. The number of fused-ring (bicyclic) bond motifs is 1. The zero-order chi connectivity index (χ0) is 28.6. The number of aliphatic hydroxyl groups excluding tert-OH is 1. The number of thiazole rings is 1. The van der Waals surface area contributed by atoms with Gasteiger partial charge in [0.2, 0.25) is 0 Å². The molecule has 2 heterocycles. The summed E-state index contributed by atoms with van der Waals surface area (Å²) in [6.07, 6.45) is 0.821. The molecule has 5 rings (SSSR count). The second-order valence-electron chi connectivity index (χ2n) is 9.58. The molecule has 9 heteroatoms. The van der Waals surface area contributed by atoms with E-state index < -0.39 is 17.7 Å². The molecule has 0 spiro atoms. The summed E-state index contributed by atoms with van der Waals surface area (Å²) in [6.45, 7) is 6.47. The molecule has 1 aliphatic heterocycles. The zero-order valence-corrected chi connectivity index (χ0v) is 23.8. The van der Waals surface area contributed by atoms with Gasteiger partial charge in [-0.1, -0.05) is 42.5 Å². The lowest BCUT2D eigenvalue weighted by Crippen LogP contribution is -2.29. The number of carbonyl (C=O) groups excluding carboxylic acids is 2. The number of carbonyl (C=O) groups is 2. The number of benzene rings is 3. The van der Waals surface area contributed by atoms with Crippen LogP contribution in [0.15, 0.2) is 60.2 Å². The average Bonchev–Trinajstić information content (AvgIpc) is 3.49. The van der Waals surface area contributed by atoms with Gasteiger partial charge in [0.1, 0.15) is 11.5 Å². The third kappa shape index (κ3) is 4.77. The average molecular weight is 559 g/mol. The molecular weight excluding hydrogens is 528 g/mol. The highest BCUT2D eigenvalue weighted by Gasteiger charge is 2.48. The van der Waals surface area contributed by atoms with Crippen LogP contribution in [0.5, 0.6) is 17.2 Å². The van der Waals surface area contributed by atoms with E-state index in [0.29, 0.717) is 40.1 Å². The van der Waals surface area contributed by atoms with Crippen molar-refractivity contribution >= 4 is 44.1 Å². The van der Waals surface area contributed by atoms with Crippen LogP contribution >= 0.6 is 11.3 Å². The molecule has 0 radical (unpaired) electrons. The van der Waals surface area contributed by atoms with E-state index in [2.05, 4.69) is 0 Å². The molecular formula is C31H30N2O6S. The summed E-state index contributed by atoms with van der Waals surface area (Å²) in [5.74, 6) is -0.389. The van der Waals surface area contributed by atoms with Crippen LogP contribution in [0, 0.1) is 13.8 Å². The van der Waals surface area contributed by atoms with E-state index >= 15 is 0 Å². The lowest BCUT2D eigenvalue weighted by atomic mass is 9.95. The molecule has 3 aromatic carbocycles. The van der Waals surface area contributed by atoms with Crippen molar-refractivity contribution in [3.63, 3.8) is 0 Å². The molecule has 1 aromatic heterocycles. The highest BCUT2D eigenvalue weighted by atomic mass is 32.1. The Morgan fingerprint density at radius 1 is 1.02 bits per heavy atom. The zero-order valence-electron chi connectivity index (χ0n) is 23.0. The van der Waals surface area contributed by atoms with Crippen molar-refractivity contribution in [2.24, 2.45) is 0 Å². The first-order valence-corrected chi connectivity index (χ1v) is 13.7. The minimum Gasteiger partial charge on any atom is -0.507 e. The molecule has 1 fully saturated rings. The maximum Gasteiger partial charge on any atom is 0.301 e. The van der Waals surface area contributed by atoms with Crippen LogP contribution in [0.3, 0.4) is 0 Å². The number of hydrogen-bond donors (Lipinski definition) is 1. The van der Waals surface area contributed by atoms with Gasteiger partial charge in [0.05, 0.1) is 42.7 Å². The SMILES string of the molecule is CCCOc1cccc(/C(O)=C2\C(=O)C(=O)N(c3nc4c(C)cc(C)cc4s3)C2c2ccc(OC)c(OC)c2)c1. The first kappa shape index (κ1) is 27.2. The summed E-state index contributed by atoms with van der Waals surface area (Å²) < 4.78 is 17.6. The number of Topliss-reactive ketones (excluding diaryl/α,β-unsaturated/α-hetero) is 1. The number of aryl methyl sites for hydroxylation is 2. The Morgan fingerprint density at radius 2 is 1.80 bits per heavy atom. The molecule has 0 bridgehead atoms. The Balaban J connectivity index is 1.72. The summed E-state index contributed by atoms with van der Waals surface area (Å²) in [6, 6.07) is 15.1. The fourth-order valence-corrected chi connectivity index (χ4v) is 6.11. The fourth-order valence-electron chi connectivity index (χ4n) is 4.94. The van der Waals surface area contributed by atoms with Crippen molar-refractivity contribution in [3.05, 3.63) is 82.4 Å². The Hall–Kier alpha value is -4.37. The molecule has 40 heavy (non-hydrogen) atoms. The number of ketones is 1. The standard InChI is InChI=1S/C31H30N2O6S/c1-6-12-39-21-9-7-8-20(15-21)28(34)25-27(19-10-11-22(37-4)23(16-19)38-5)33(30(36)29(25)35)31-32-26-18(3)13-17(2)14-24(26)40-31/h7-11,13-16,27,34H,6,12H2,1-5H3/b28-25+. The third-order valence-corrected chi connectivity index (χ3v) is 7.77. The van der Waals surface area contributed by atoms with Gasteiger partial charge >= 0.3 is 5.91 Å². The van der Waals surface area contributed by atoms with E-state index in [4.69, 9.17) is 19.2 Å². The second-order valence-corrected chi connectivity index (χ2v) is 10.6. The third-order valence-electron chi connectivity index (χ3n) is 6.77. The summed E-state index contributed by atoms with van der Waals surface area (Å²) in [5, 5.41) is 11.9. The van der Waals surface area contributed by atoms with Gasteiger partial charge in [0, 0.05) is 5.56 Å². The van der Waals surface area contributed by atoms with E-state index in [-0.39, 0.29) is 11.3 Å². The van der Waals surface area contributed by atoms with Gasteiger partial charge < -0.3 is 19.3 Å². The molecule has 1 saturated heterocycles. The number of nitrogens with zero attached hydrogens (tertiary/aromatic N) is 2. The van der Waals surface area contributed by atoms with E-state index in [1.54, 1.807) is 42.5 Å². The summed E-state index contributed by atoms with van der Waals surface area (Å²) in [4.78, 5) is 33.5. The highest BCUT2D eigenvalue weighted by Crippen LogP contribution is 2.46. The molecule has 0 aliphatic carbocycles. The molecule has 206 valence electrons. The second kappa shape index (κ2) is 11.0. The molecule has 1 atom stereocenters. The van der Waals surface area contributed by atoms with Crippen LogP contribution in [-0.4, -0.2) is 42.6 Å². The van der Waals surface area contributed by atoms with Crippen LogP contribution < -0.4 is 19.1 Å². The van der Waals surface area contributed by atoms with Crippen molar-refractivity contribution in [2.75, 3.05) is 25.7 Å². The molecule has 1 unspecified atom stereocenters. The molecule has 4 aromatic rings. The van der Waals surface area contributed by atoms with Crippen LogP contribution in [0.1, 0.15) is 41.6 Å². The number of amides is 1. The largest absolute Gasteiger partial charge is 0.507 e. The van der Waals surface area contributed by atoms with Gasteiger partial charge in [-0.15, -0.1) is 0 Å². The molecule has 0 saturated carbocycles. The van der Waals surface area contributed by atoms with Crippen molar-refractivity contribution < 1.29 is 28.9 Å². The molecule has 1 N–H and O–H groups in total. The van der Waals surface area contributed by atoms with Crippen molar-refractivity contribution in [3.8, 4) is 17.2 Å². The van der Waals surface area contributed by atoms with Crippen molar-refractivity contribution in [1.29, 1.82) is 0 Å². The van der Waals surface area contributed by atoms with E-state index in [0.717, 1.165) is 27.8 Å². The first-order valence-electron chi connectivity index (χ1n) is 12.9. The van der Waals surface area contributed by atoms with Gasteiger partial charge in [0.25, 0.3) is 5.78 Å². The number of aliphatic hydroxyl groups is 1. The van der Waals surface area contributed by atoms with Crippen LogP contribution in [0.25, 0.3) is 16.0 Å². The summed E-state index contributed by atoms with van der Waals surface area (Å²) in [5.41, 5.74) is 3.69. The van der Waals surface area contributed by atoms with Crippen molar-refractivity contribution in [1.82, 2.24) is 4.98 Å². The van der Waals surface area contributed by atoms with Gasteiger partial charge in [-0.05, 0) is 67.3 Å². The fraction of sp³-hybridized carbons (Fsp3) is 0.258. The topological polar surface area (TPSA) is 98.2 Å². The highest BCUT2D eigenvalue weighted by molar-refractivity contribution is 7.22. The lowest BCUT2D eigenvalue weighted by Gasteiger charge is -2.23. The Morgan fingerprint density at radius 3 is 2.52 bits per heavy atom. The maximum absolute atomic E-state index is 13.7. The monoisotopic (exact) mass is 558 g/mol. The van der Waals surface area contributed by atoms with E-state index in [1.165, 1.54) is 30.5 Å². The summed E-state index contributed by atoms with van der Waals surface area (Å²) in [7, 11) is 3.04. The number of aromatic nitrogens is 1. The number of hydrogen-bond acceptors (Lipinski definition) is 8. The minimum absolute atomic E-state index is 0.0444. The Kier molecular flexibility index (Phi) is 7.49. The maximum atomic E-state index is 13.7. The minimum atomic E-state index is -0.956. The van der Waals surface area contributed by atoms with Crippen LogP contribution in [-0.2, 0) is 9.59 Å². The van der Waals surface area contributed by atoms with Gasteiger partial charge in [-0.25, -0.2) is 4.98 Å². The normalized spacial score (nSPS) is 16.5. The number of ether oxygens (including phenoxy) is 3. The van der Waals surface area contributed by atoms with Crippen molar-refractivity contribution in [2.45, 2.75) is 33.2 Å². The number of anilines is 1. The number of methoxy groups -OCH3 is 2. The molecule has 1 aliphatic rings. The van der Waals surface area contributed by atoms with E-state index in [1.807, 2.05) is 32.9 Å². The molecule has 1 amide bonds. The van der Waals surface area contributed by atoms with Crippen LogP contribution in [0.4, 0.5) is 5.13 Å². The van der Waals surface area contributed by atoms with Gasteiger partial charge in [-0.3, -0.25) is 14.5 Å². The van der Waals surface area contributed by atoms with Gasteiger partial charge in [-0.2, -0.15) is 0 Å². The quantitative estimate of drug-likeness (QED) is 0.153. The van der Waals surface area contributed by atoms with E-state index in [9.17, 15) is 14.7 Å². The predicted octanol–water partition coefficient (Wildman–Crippen LogP) is 6.35. The molecule has 8 nitrogen and oxygen atoms in total. The lowest BCUT2D eigenvalue weighted by molar-refractivity contribution is -0.132. The Labute approximate surface area is 236 Å². The predicted molar refractivity (Wildman–Crippen MR) is 156 cm³/mol. The first-order chi connectivity index (χ1) is 19.3. The smallest absolute Gasteiger partial charge is 0.301 e. The Bertz CT molecular complexity index is 1660.